The van der Waals surface area contributed by atoms with Crippen LogP contribution in [0.2, 0.25) is 0 Å². The molecule has 0 unspecified atom stereocenters. The van der Waals surface area contributed by atoms with Crippen molar-refractivity contribution in [3.63, 3.8) is 0 Å². The zero-order valence-electron chi connectivity index (χ0n) is 13.4. The number of anilines is 1. The summed E-state index contributed by atoms with van der Waals surface area (Å²) in [4.78, 5) is 13.0. The van der Waals surface area contributed by atoms with Gasteiger partial charge in [-0.25, -0.2) is 0 Å². The Morgan fingerprint density at radius 2 is 1.80 bits per heavy atom. The van der Waals surface area contributed by atoms with Crippen LogP contribution in [0, 0.1) is 0 Å². The van der Waals surface area contributed by atoms with Crippen molar-refractivity contribution in [2.24, 2.45) is 0 Å². The molecule has 0 saturated heterocycles. The van der Waals surface area contributed by atoms with E-state index in [0.717, 1.165) is 5.56 Å². The summed E-state index contributed by atoms with van der Waals surface area (Å²) in [5, 5.41) is 14.4. The number of hydrogen-bond donors (Lipinski definition) is 1. The smallest absolute Gasteiger partial charge is 0.247 e. The number of carbonyl (C=O) groups excluding carboxylic acids is 1. The Kier molecular flexibility index (Phi) is 3.96. The Morgan fingerprint density at radius 1 is 1.00 bits per heavy atom. The Balaban J connectivity index is 1.63. The van der Waals surface area contributed by atoms with Crippen LogP contribution in [0.4, 0.5) is 5.69 Å². The Bertz CT molecular complexity index is 977. The number of nitrogens with zero attached hydrogens (tertiary/aromatic N) is 5. The maximum atomic E-state index is 13.0. The van der Waals surface area contributed by atoms with Crippen molar-refractivity contribution in [3.8, 4) is 0 Å². The van der Waals surface area contributed by atoms with Crippen molar-refractivity contribution in [3.05, 3.63) is 78.8 Å². The molecule has 0 aliphatic heterocycles. The molecule has 1 aromatic carbocycles. The van der Waals surface area contributed by atoms with Crippen molar-refractivity contribution in [2.45, 2.75) is 12.5 Å². The first-order valence-corrected chi connectivity index (χ1v) is 7.95. The summed E-state index contributed by atoms with van der Waals surface area (Å²) in [6, 6.07) is 17.0. The summed E-state index contributed by atoms with van der Waals surface area (Å²) in [6.07, 6.45) is 6.12. The standard InChI is InChI=1S/C18H16N6O/c25-18(19-15-9-6-12-24-17(15)20-21-22-24)16(23-10-4-5-11-23)13-14-7-2-1-3-8-14/h1-12,16H,13H2,(H,19,25)/t16-/m0/s1. The molecular weight excluding hydrogens is 316 g/mol. The maximum absolute atomic E-state index is 13.0. The fourth-order valence-corrected chi connectivity index (χ4v) is 2.81. The Labute approximate surface area is 143 Å². The van der Waals surface area contributed by atoms with Crippen LogP contribution in [0.1, 0.15) is 11.6 Å². The van der Waals surface area contributed by atoms with E-state index in [9.17, 15) is 4.79 Å². The third kappa shape index (κ3) is 3.12. The SMILES string of the molecule is O=C(Nc1cccn2nnnc12)[C@H](Cc1ccccc1)n1cccc1. The molecule has 0 bridgehead atoms. The average molecular weight is 332 g/mol. The summed E-state index contributed by atoms with van der Waals surface area (Å²) in [7, 11) is 0. The van der Waals surface area contributed by atoms with Gasteiger partial charge < -0.3 is 9.88 Å². The lowest BCUT2D eigenvalue weighted by molar-refractivity contribution is -0.119. The molecule has 124 valence electrons. The lowest BCUT2D eigenvalue weighted by atomic mass is 10.1. The fourth-order valence-electron chi connectivity index (χ4n) is 2.81. The molecule has 1 atom stereocenters. The predicted molar refractivity (Wildman–Crippen MR) is 93.0 cm³/mol. The zero-order valence-corrected chi connectivity index (χ0v) is 13.4. The lowest BCUT2D eigenvalue weighted by Crippen LogP contribution is -2.27. The summed E-state index contributed by atoms with van der Waals surface area (Å²) < 4.78 is 3.43. The summed E-state index contributed by atoms with van der Waals surface area (Å²) in [5.74, 6) is -0.115. The van der Waals surface area contributed by atoms with Crippen LogP contribution in [0.25, 0.3) is 5.65 Å². The van der Waals surface area contributed by atoms with Gasteiger partial charge in [0.15, 0.2) is 0 Å². The van der Waals surface area contributed by atoms with E-state index in [0.29, 0.717) is 17.8 Å². The Hall–Kier alpha value is -3.48. The van der Waals surface area contributed by atoms with E-state index in [4.69, 9.17) is 0 Å². The van der Waals surface area contributed by atoms with Crippen LogP contribution >= 0.6 is 0 Å². The molecule has 0 fully saturated rings. The van der Waals surface area contributed by atoms with Crippen LogP contribution < -0.4 is 5.32 Å². The minimum atomic E-state index is -0.367. The van der Waals surface area contributed by atoms with Gasteiger partial charge in [-0.1, -0.05) is 30.3 Å². The van der Waals surface area contributed by atoms with Crippen LogP contribution in [-0.4, -0.2) is 30.5 Å². The van der Waals surface area contributed by atoms with E-state index in [-0.39, 0.29) is 11.9 Å². The quantitative estimate of drug-likeness (QED) is 0.608. The van der Waals surface area contributed by atoms with E-state index < -0.39 is 0 Å². The predicted octanol–water partition coefficient (Wildman–Crippen LogP) is 2.35. The topological polar surface area (TPSA) is 77.1 Å². The number of carbonyl (C=O) groups is 1. The van der Waals surface area contributed by atoms with E-state index in [1.807, 2.05) is 59.4 Å². The van der Waals surface area contributed by atoms with Crippen molar-refractivity contribution in [1.82, 2.24) is 24.6 Å². The fraction of sp³-hybridized carbons (Fsp3) is 0.111. The average Bonchev–Trinajstić information content (AvgIpc) is 3.32. The molecular formula is C18H16N6O. The number of benzene rings is 1. The number of rotatable bonds is 5. The second-order valence-electron chi connectivity index (χ2n) is 5.69. The van der Waals surface area contributed by atoms with Gasteiger partial charge in [0.2, 0.25) is 11.6 Å². The molecule has 4 aromatic rings. The van der Waals surface area contributed by atoms with Gasteiger partial charge in [-0.05, 0) is 40.3 Å². The highest BCUT2D eigenvalue weighted by molar-refractivity contribution is 5.96. The maximum Gasteiger partial charge on any atom is 0.247 e. The number of fused-ring (bicyclic) bond motifs is 1. The van der Waals surface area contributed by atoms with Crippen molar-refractivity contribution in [2.75, 3.05) is 5.32 Å². The molecule has 3 heterocycles. The molecule has 1 amide bonds. The van der Waals surface area contributed by atoms with Gasteiger partial charge in [0.1, 0.15) is 6.04 Å². The largest absolute Gasteiger partial charge is 0.342 e. The van der Waals surface area contributed by atoms with Gasteiger partial charge in [0, 0.05) is 25.0 Å². The van der Waals surface area contributed by atoms with Gasteiger partial charge in [-0.3, -0.25) is 4.79 Å². The highest BCUT2D eigenvalue weighted by Gasteiger charge is 2.21. The second kappa shape index (κ2) is 6.56. The van der Waals surface area contributed by atoms with Crippen molar-refractivity contribution >= 4 is 17.2 Å². The van der Waals surface area contributed by atoms with E-state index >= 15 is 0 Å². The van der Waals surface area contributed by atoms with Crippen molar-refractivity contribution in [1.29, 1.82) is 0 Å². The molecule has 0 radical (unpaired) electrons. The number of tetrazole rings is 1. The molecule has 7 heteroatoms. The summed E-state index contributed by atoms with van der Waals surface area (Å²) in [5.41, 5.74) is 2.20. The van der Waals surface area contributed by atoms with Crippen LogP contribution in [0.5, 0.6) is 0 Å². The molecule has 25 heavy (non-hydrogen) atoms. The zero-order chi connectivity index (χ0) is 17.1. The number of hydrogen-bond acceptors (Lipinski definition) is 4. The van der Waals surface area contributed by atoms with Crippen LogP contribution in [0.3, 0.4) is 0 Å². The van der Waals surface area contributed by atoms with E-state index in [2.05, 4.69) is 20.8 Å². The minimum Gasteiger partial charge on any atom is -0.342 e. The molecule has 0 spiro atoms. The Morgan fingerprint density at radius 3 is 2.60 bits per heavy atom. The molecule has 0 saturated carbocycles. The highest BCUT2D eigenvalue weighted by atomic mass is 16.2. The molecule has 0 aliphatic rings. The van der Waals surface area contributed by atoms with E-state index in [1.165, 1.54) is 4.52 Å². The molecule has 3 aromatic heterocycles. The lowest BCUT2D eigenvalue weighted by Gasteiger charge is -2.19. The molecule has 1 N–H and O–H groups in total. The first-order valence-electron chi connectivity index (χ1n) is 7.95. The molecule has 4 rings (SSSR count). The number of nitrogens with one attached hydrogen (secondary N) is 1. The monoisotopic (exact) mass is 332 g/mol. The third-order valence-electron chi connectivity index (χ3n) is 4.04. The van der Waals surface area contributed by atoms with Gasteiger partial charge in [0.25, 0.3) is 0 Å². The van der Waals surface area contributed by atoms with Crippen LogP contribution in [0.15, 0.2) is 73.2 Å². The molecule has 0 aliphatic carbocycles. The molecule has 7 nitrogen and oxygen atoms in total. The van der Waals surface area contributed by atoms with Gasteiger partial charge in [-0.15, -0.1) is 5.10 Å². The van der Waals surface area contributed by atoms with Crippen molar-refractivity contribution < 1.29 is 4.79 Å². The third-order valence-corrected chi connectivity index (χ3v) is 4.04. The van der Waals surface area contributed by atoms with Gasteiger partial charge >= 0.3 is 0 Å². The van der Waals surface area contributed by atoms with Gasteiger partial charge in [-0.2, -0.15) is 4.52 Å². The normalized spacial score (nSPS) is 12.2. The number of pyridine rings is 1. The van der Waals surface area contributed by atoms with E-state index in [1.54, 1.807) is 18.3 Å². The first-order chi connectivity index (χ1) is 12.3. The van der Waals surface area contributed by atoms with Gasteiger partial charge in [0.05, 0.1) is 5.69 Å². The second-order valence-corrected chi connectivity index (χ2v) is 5.69. The first kappa shape index (κ1) is 15.1. The van der Waals surface area contributed by atoms with Crippen LogP contribution in [-0.2, 0) is 11.2 Å². The highest BCUT2D eigenvalue weighted by Crippen LogP contribution is 2.19. The summed E-state index contributed by atoms with van der Waals surface area (Å²) >= 11 is 0. The number of aromatic nitrogens is 5. The minimum absolute atomic E-state index is 0.115. The summed E-state index contributed by atoms with van der Waals surface area (Å²) in [6.45, 7) is 0. The number of amides is 1.